The quantitative estimate of drug-likeness (QED) is 0.0212. The number of rotatable bonds is 65. The molecule has 3 unspecified atom stereocenters. The highest BCUT2D eigenvalue weighted by Gasteiger charge is 2.27. The first-order chi connectivity index (χ1) is 41.9. The summed E-state index contributed by atoms with van der Waals surface area (Å²) in [6, 6.07) is -0.896. The van der Waals surface area contributed by atoms with Crippen molar-refractivity contribution < 1.29 is 37.3 Å². The molecule has 1 N–H and O–H groups in total. The first-order valence-corrected chi connectivity index (χ1v) is 37.5. The molecule has 0 rings (SSSR count). The van der Waals surface area contributed by atoms with Gasteiger partial charge in [0.15, 0.2) is 0 Å². The Bertz CT molecular complexity index is 1790. The van der Waals surface area contributed by atoms with Gasteiger partial charge in [-0.15, -0.1) is 0 Å². The molecular formula is C76H137N2O7P. The monoisotopic (exact) mass is 1220 g/mol. The SMILES string of the molecule is CC/C=C\C/C=C\C/C=C\C/C=C\C/C=C\CCCCCCCCCCCCCC(=O)NC(COP(=O)([O-])OCC[N+](C)(C)C)C(/C=C\CCCCCCCCCCCC)OC(=O)CCCCCCCCCCCCC/C=C\C/C=C\CCCCC. The van der Waals surface area contributed by atoms with Crippen LogP contribution < -0.4 is 10.2 Å². The minimum Gasteiger partial charge on any atom is -0.756 e. The van der Waals surface area contributed by atoms with Crippen LogP contribution in [0.5, 0.6) is 0 Å². The molecule has 0 aromatic rings. The molecule has 10 heteroatoms. The summed E-state index contributed by atoms with van der Waals surface area (Å²) in [5.74, 6) is -0.541. The molecular weight excluding hydrogens is 1080 g/mol. The number of esters is 1. The fourth-order valence-corrected chi connectivity index (χ4v) is 11.0. The van der Waals surface area contributed by atoms with Crippen molar-refractivity contribution >= 4 is 19.7 Å². The lowest BCUT2D eigenvalue weighted by Gasteiger charge is -2.30. The van der Waals surface area contributed by atoms with Gasteiger partial charge in [-0.3, -0.25) is 14.2 Å². The van der Waals surface area contributed by atoms with E-state index in [-0.39, 0.29) is 24.9 Å². The van der Waals surface area contributed by atoms with E-state index in [0.717, 1.165) is 109 Å². The summed E-state index contributed by atoms with van der Waals surface area (Å²) in [6.07, 6.45) is 88.1. The van der Waals surface area contributed by atoms with Crippen LogP contribution in [-0.4, -0.2) is 69.4 Å². The maximum absolute atomic E-state index is 13.6. The Morgan fingerprint density at radius 2 is 0.744 bits per heavy atom. The van der Waals surface area contributed by atoms with Gasteiger partial charge in [0.2, 0.25) is 5.91 Å². The van der Waals surface area contributed by atoms with E-state index in [9.17, 15) is 19.0 Å². The second-order valence-corrected chi connectivity index (χ2v) is 26.8. The molecule has 9 nitrogen and oxygen atoms in total. The van der Waals surface area contributed by atoms with Gasteiger partial charge in [-0.25, -0.2) is 0 Å². The predicted molar refractivity (Wildman–Crippen MR) is 371 cm³/mol. The zero-order valence-electron chi connectivity index (χ0n) is 57.0. The van der Waals surface area contributed by atoms with Crippen molar-refractivity contribution in [3.63, 3.8) is 0 Å². The number of hydrogen-bond acceptors (Lipinski definition) is 7. The van der Waals surface area contributed by atoms with Crippen LogP contribution in [0.25, 0.3) is 0 Å². The van der Waals surface area contributed by atoms with Crippen LogP contribution in [0.4, 0.5) is 0 Å². The van der Waals surface area contributed by atoms with E-state index in [1.54, 1.807) is 0 Å². The van der Waals surface area contributed by atoms with Crippen LogP contribution in [0.1, 0.15) is 323 Å². The molecule has 86 heavy (non-hydrogen) atoms. The van der Waals surface area contributed by atoms with Crippen molar-refractivity contribution in [3.05, 3.63) is 97.2 Å². The Morgan fingerprint density at radius 1 is 0.419 bits per heavy atom. The number of likely N-dealkylation sites (N-methyl/N-ethyl adjacent to an activating group) is 1. The third-order valence-corrected chi connectivity index (χ3v) is 16.7. The van der Waals surface area contributed by atoms with Gasteiger partial charge in [0.05, 0.1) is 33.8 Å². The van der Waals surface area contributed by atoms with Crippen molar-refractivity contribution in [3.8, 4) is 0 Å². The third kappa shape index (κ3) is 65.4. The summed E-state index contributed by atoms with van der Waals surface area (Å²) in [5.41, 5.74) is 0. The van der Waals surface area contributed by atoms with Crippen molar-refractivity contribution in [2.45, 2.75) is 335 Å². The molecule has 0 aliphatic heterocycles. The van der Waals surface area contributed by atoms with Crippen molar-refractivity contribution in [1.29, 1.82) is 0 Å². The van der Waals surface area contributed by atoms with Gasteiger partial charge in [-0.1, -0.05) is 298 Å². The van der Waals surface area contributed by atoms with Gasteiger partial charge >= 0.3 is 5.97 Å². The highest BCUT2D eigenvalue weighted by Crippen LogP contribution is 2.38. The number of unbranched alkanes of at least 4 members (excludes halogenated alkanes) is 35. The topological polar surface area (TPSA) is 114 Å². The molecule has 0 spiro atoms. The standard InChI is InChI=1S/C76H137N2O7P/c1-7-10-13-16-19-22-25-28-30-32-34-36-37-38-39-40-41-43-44-46-48-50-53-56-59-62-65-68-75(79)77-73(72-84-86(81,82)83-71-70-78(4,5)6)74(67-64-61-58-55-52-27-24-21-18-15-12-9-3)85-76(80)69-66-63-60-57-54-51-49-47-45-42-35-33-31-29-26-23-20-17-14-11-8-2/h10,13,19-20,22-23,28-31,34,36,38-39,64,67,73-74H,7-9,11-12,14-18,21,24-27,32-33,35,37,40-63,65-66,68-72H2,1-6H3,(H-,77,79,81,82)/b13-10-,22-19-,23-20-,30-28-,31-29-,36-34-,39-38-,67-64-. The summed E-state index contributed by atoms with van der Waals surface area (Å²) in [5, 5.41) is 3.04. The number of ether oxygens (including phenoxy) is 1. The molecule has 0 heterocycles. The van der Waals surface area contributed by atoms with E-state index in [0.29, 0.717) is 17.4 Å². The molecule has 1 amide bonds. The third-order valence-electron chi connectivity index (χ3n) is 15.7. The number of phosphoric ester groups is 1. The molecule has 0 saturated carbocycles. The molecule has 3 atom stereocenters. The Morgan fingerprint density at radius 3 is 1.14 bits per heavy atom. The molecule has 0 fully saturated rings. The lowest BCUT2D eigenvalue weighted by molar-refractivity contribution is -0.870. The predicted octanol–water partition coefficient (Wildman–Crippen LogP) is 22.4. The van der Waals surface area contributed by atoms with Crippen LogP contribution in [0.3, 0.4) is 0 Å². The summed E-state index contributed by atoms with van der Waals surface area (Å²) in [4.78, 5) is 40.2. The lowest BCUT2D eigenvalue weighted by Crippen LogP contribution is -2.47. The van der Waals surface area contributed by atoms with Crippen molar-refractivity contribution in [1.82, 2.24) is 5.32 Å². The van der Waals surface area contributed by atoms with Crippen LogP contribution in [-0.2, 0) is 27.9 Å². The summed E-state index contributed by atoms with van der Waals surface area (Å²) < 4.78 is 30.5. The average molecular weight is 1220 g/mol. The number of allylic oxidation sites excluding steroid dienone is 15. The molecule has 0 radical (unpaired) electrons. The van der Waals surface area contributed by atoms with Gasteiger partial charge in [0.1, 0.15) is 19.3 Å². The van der Waals surface area contributed by atoms with E-state index in [1.807, 2.05) is 33.3 Å². The number of amides is 1. The molecule has 0 aromatic heterocycles. The van der Waals surface area contributed by atoms with Gasteiger partial charge in [-0.2, -0.15) is 0 Å². The molecule has 0 saturated heterocycles. The van der Waals surface area contributed by atoms with Crippen LogP contribution in [0.2, 0.25) is 0 Å². The Hall–Kier alpha value is -3.07. The van der Waals surface area contributed by atoms with Crippen molar-refractivity contribution in [2.75, 3.05) is 40.9 Å². The zero-order chi connectivity index (χ0) is 62.8. The Kier molecular flexibility index (Phi) is 62.6. The summed E-state index contributed by atoms with van der Waals surface area (Å²) in [7, 11) is 1.18. The number of hydrogen-bond donors (Lipinski definition) is 1. The molecule has 498 valence electrons. The number of carbonyl (C=O) groups is 2. The molecule has 0 bridgehead atoms. The smallest absolute Gasteiger partial charge is 0.306 e. The van der Waals surface area contributed by atoms with Gasteiger partial charge in [0.25, 0.3) is 7.82 Å². The summed E-state index contributed by atoms with van der Waals surface area (Å²) >= 11 is 0. The first kappa shape index (κ1) is 82.9. The fourth-order valence-electron chi connectivity index (χ4n) is 10.2. The number of phosphoric acid groups is 1. The van der Waals surface area contributed by atoms with Gasteiger partial charge < -0.3 is 28.5 Å². The van der Waals surface area contributed by atoms with E-state index in [2.05, 4.69) is 111 Å². The minimum atomic E-state index is -4.71. The molecule has 0 aliphatic carbocycles. The van der Waals surface area contributed by atoms with Crippen LogP contribution in [0.15, 0.2) is 97.2 Å². The summed E-state index contributed by atoms with van der Waals surface area (Å²) in [6.45, 7) is 6.73. The Balaban J connectivity index is 5.05. The van der Waals surface area contributed by atoms with Crippen LogP contribution in [0, 0.1) is 0 Å². The number of quaternary nitrogens is 1. The number of nitrogens with one attached hydrogen (secondary N) is 1. The average Bonchev–Trinajstić information content (AvgIpc) is 3.67. The molecule has 0 aliphatic rings. The maximum atomic E-state index is 13.6. The van der Waals surface area contributed by atoms with Crippen molar-refractivity contribution in [2.24, 2.45) is 0 Å². The number of nitrogens with zero attached hydrogens (tertiary/aromatic N) is 1. The van der Waals surface area contributed by atoms with E-state index in [4.69, 9.17) is 13.8 Å². The van der Waals surface area contributed by atoms with E-state index >= 15 is 0 Å². The number of carbonyl (C=O) groups excluding carboxylic acids is 2. The normalized spacial score (nSPS) is 14.1. The minimum absolute atomic E-state index is 0.0261. The second kappa shape index (κ2) is 64.9. The van der Waals surface area contributed by atoms with Crippen LogP contribution >= 0.6 is 7.82 Å². The lowest BCUT2D eigenvalue weighted by atomic mass is 10.0. The largest absolute Gasteiger partial charge is 0.756 e. The first-order valence-electron chi connectivity index (χ1n) is 36.0. The zero-order valence-corrected chi connectivity index (χ0v) is 57.9. The maximum Gasteiger partial charge on any atom is 0.306 e. The Labute approximate surface area is 532 Å². The van der Waals surface area contributed by atoms with E-state index in [1.165, 1.54) is 180 Å². The van der Waals surface area contributed by atoms with E-state index < -0.39 is 26.6 Å². The second-order valence-electron chi connectivity index (χ2n) is 25.4. The highest BCUT2D eigenvalue weighted by atomic mass is 31.2. The van der Waals surface area contributed by atoms with Gasteiger partial charge in [0, 0.05) is 12.8 Å². The highest BCUT2D eigenvalue weighted by molar-refractivity contribution is 7.45. The van der Waals surface area contributed by atoms with Gasteiger partial charge in [-0.05, 0) is 109 Å². The molecule has 0 aromatic carbocycles. The fraction of sp³-hybridized carbons (Fsp3) is 0.763.